The summed E-state index contributed by atoms with van der Waals surface area (Å²) in [5.41, 5.74) is 0.0453. The SMILES string of the molecule is CC(=O)c1ccccc1.CC(C)(O)C(=O)c1ccccc1. The number of hydrogen-bond donors (Lipinski definition) is 1. The molecular formula is C18H20O3. The second-order valence-corrected chi connectivity index (χ2v) is 5.18. The number of carbonyl (C=O) groups is 2. The van der Waals surface area contributed by atoms with Crippen molar-refractivity contribution in [2.24, 2.45) is 0 Å². The third-order valence-electron chi connectivity index (χ3n) is 2.77. The third kappa shape index (κ3) is 5.71. The van der Waals surface area contributed by atoms with Crippen molar-refractivity contribution in [3.05, 3.63) is 71.8 Å². The van der Waals surface area contributed by atoms with Gasteiger partial charge >= 0.3 is 0 Å². The first-order chi connectivity index (χ1) is 9.82. The zero-order chi connectivity index (χ0) is 15.9. The van der Waals surface area contributed by atoms with E-state index in [1.165, 1.54) is 13.8 Å². The van der Waals surface area contributed by atoms with E-state index in [1.54, 1.807) is 31.2 Å². The lowest BCUT2D eigenvalue weighted by molar-refractivity contribution is 0.0488. The van der Waals surface area contributed by atoms with Gasteiger partial charge in [0.25, 0.3) is 0 Å². The molecule has 2 rings (SSSR count). The maximum Gasteiger partial charge on any atom is 0.193 e. The minimum atomic E-state index is -1.28. The van der Waals surface area contributed by atoms with Crippen molar-refractivity contribution in [3.8, 4) is 0 Å². The molecule has 0 aromatic heterocycles. The van der Waals surface area contributed by atoms with E-state index in [1.807, 2.05) is 36.4 Å². The van der Waals surface area contributed by atoms with Crippen molar-refractivity contribution in [2.75, 3.05) is 0 Å². The molecule has 0 amide bonds. The Morgan fingerprint density at radius 2 is 1.19 bits per heavy atom. The van der Waals surface area contributed by atoms with Gasteiger partial charge in [-0.05, 0) is 20.8 Å². The van der Waals surface area contributed by atoms with Crippen LogP contribution in [0, 0.1) is 0 Å². The Hall–Kier alpha value is -2.26. The summed E-state index contributed by atoms with van der Waals surface area (Å²) < 4.78 is 0. The van der Waals surface area contributed by atoms with E-state index in [2.05, 4.69) is 0 Å². The van der Waals surface area contributed by atoms with E-state index < -0.39 is 5.60 Å². The fourth-order valence-electron chi connectivity index (χ4n) is 1.62. The number of carbonyl (C=O) groups excluding carboxylic acids is 2. The van der Waals surface area contributed by atoms with Gasteiger partial charge in [-0.15, -0.1) is 0 Å². The van der Waals surface area contributed by atoms with E-state index >= 15 is 0 Å². The summed E-state index contributed by atoms with van der Waals surface area (Å²) in [6, 6.07) is 18.0. The molecule has 0 saturated heterocycles. The molecule has 2 aromatic carbocycles. The van der Waals surface area contributed by atoms with Gasteiger partial charge in [-0.1, -0.05) is 60.7 Å². The average molecular weight is 284 g/mol. The normalized spacial score (nSPS) is 10.3. The summed E-state index contributed by atoms with van der Waals surface area (Å²) in [5.74, 6) is -0.126. The number of hydrogen-bond acceptors (Lipinski definition) is 3. The molecule has 0 saturated carbocycles. The Labute approximate surface area is 125 Å². The molecule has 0 heterocycles. The lowest BCUT2D eigenvalue weighted by Gasteiger charge is -2.14. The summed E-state index contributed by atoms with van der Waals surface area (Å²) >= 11 is 0. The molecule has 0 fully saturated rings. The average Bonchev–Trinajstić information content (AvgIpc) is 2.48. The molecule has 3 nitrogen and oxygen atoms in total. The van der Waals surface area contributed by atoms with Crippen LogP contribution in [0.15, 0.2) is 60.7 Å². The van der Waals surface area contributed by atoms with Crippen molar-refractivity contribution in [1.82, 2.24) is 0 Å². The first kappa shape index (κ1) is 16.8. The van der Waals surface area contributed by atoms with Crippen LogP contribution in [0.1, 0.15) is 41.5 Å². The third-order valence-corrected chi connectivity index (χ3v) is 2.77. The van der Waals surface area contributed by atoms with Gasteiger partial charge in [0.15, 0.2) is 11.6 Å². The predicted octanol–water partition coefficient (Wildman–Crippen LogP) is 3.53. The Kier molecular flexibility index (Phi) is 6.00. The van der Waals surface area contributed by atoms with Crippen molar-refractivity contribution >= 4 is 11.6 Å². The predicted molar refractivity (Wildman–Crippen MR) is 83.5 cm³/mol. The molecule has 0 aliphatic heterocycles. The fraction of sp³-hybridized carbons (Fsp3) is 0.222. The van der Waals surface area contributed by atoms with Crippen LogP contribution in [0.3, 0.4) is 0 Å². The maximum absolute atomic E-state index is 11.4. The second-order valence-electron chi connectivity index (χ2n) is 5.18. The van der Waals surface area contributed by atoms with Crippen molar-refractivity contribution in [1.29, 1.82) is 0 Å². The van der Waals surface area contributed by atoms with Crippen molar-refractivity contribution in [3.63, 3.8) is 0 Å². The Balaban J connectivity index is 0.000000219. The summed E-state index contributed by atoms with van der Waals surface area (Å²) in [5, 5.41) is 9.39. The first-order valence-corrected chi connectivity index (χ1v) is 6.70. The summed E-state index contributed by atoms with van der Waals surface area (Å²) in [6.07, 6.45) is 0. The van der Waals surface area contributed by atoms with Gasteiger partial charge in [0, 0.05) is 11.1 Å². The molecular weight excluding hydrogens is 264 g/mol. The van der Waals surface area contributed by atoms with Gasteiger partial charge in [-0.2, -0.15) is 0 Å². The van der Waals surface area contributed by atoms with Crippen LogP contribution in [-0.4, -0.2) is 22.3 Å². The van der Waals surface area contributed by atoms with Crippen molar-refractivity contribution < 1.29 is 14.7 Å². The van der Waals surface area contributed by atoms with Crippen molar-refractivity contribution in [2.45, 2.75) is 26.4 Å². The van der Waals surface area contributed by atoms with Crippen LogP contribution in [-0.2, 0) is 0 Å². The molecule has 2 aromatic rings. The fourth-order valence-corrected chi connectivity index (χ4v) is 1.62. The van der Waals surface area contributed by atoms with E-state index in [9.17, 15) is 14.7 Å². The zero-order valence-electron chi connectivity index (χ0n) is 12.5. The standard InChI is InChI=1S/C10H12O2.C8H8O/c1-10(2,12)9(11)8-6-4-3-5-7-8;1-7(9)8-5-3-2-4-6-8/h3-7,12H,1-2H3;2-6H,1H3. The van der Waals surface area contributed by atoms with E-state index in [-0.39, 0.29) is 11.6 Å². The first-order valence-electron chi connectivity index (χ1n) is 6.70. The van der Waals surface area contributed by atoms with Gasteiger partial charge in [-0.3, -0.25) is 9.59 Å². The molecule has 3 heteroatoms. The Bertz CT molecular complexity index is 581. The van der Waals surface area contributed by atoms with Crippen LogP contribution >= 0.6 is 0 Å². The molecule has 21 heavy (non-hydrogen) atoms. The molecule has 0 aliphatic rings. The molecule has 0 spiro atoms. The lowest BCUT2D eigenvalue weighted by atomic mass is 9.97. The van der Waals surface area contributed by atoms with Gasteiger partial charge < -0.3 is 5.11 Å². The number of benzene rings is 2. The quantitative estimate of drug-likeness (QED) is 0.877. The Morgan fingerprint density at radius 1 is 0.810 bits per heavy atom. The number of ketones is 2. The largest absolute Gasteiger partial charge is 0.382 e. The number of Topliss-reactive ketones (excluding diaryl/α,β-unsaturated/α-hetero) is 2. The van der Waals surface area contributed by atoms with Crippen LogP contribution in [0.4, 0.5) is 0 Å². The van der Waals surface area contributed by atoms with Gasteiger partial charge in [0.2, 0.25) is 0 Å². The van der Waals surface area contributed by atoms with Crippen LogP contribution < -0.4 is 0 Å². The highest BCUT2D eigenvalue weighted by Gasteiger charge is 2.24. The molecule has 0 unspecified atom stereocenters. The van der Waals surface area contributed by atoms with Crippen LogP contribution in [0.25, 0.3) is 0 Å². The van der Waals surface area contributed by atoms with E-state index in [0.717, 1.165) is 5.56 Å². The highest BCUT2D eigenvalue weighted by molar-refractivity contribution is 6.01. The van der Waals surface area contributed by atoms with E-state index in [0.29, 0.717) is 5.56 Å². The Morgan fingerprint density at radius 3 is 1.48 bits per heavy atom. The molecule has 0 atom stereocenters. The van der Waals surface area contributed by atoms with Gasteiger partial charge in [0.1, 0.15) is 5.60 Å². The summed E-state index contributed by atoms with van der Waals surface area (Å²) in [7, 11) is 0. The topological polar surface area (TPSA) is 54.4 Å². The highest BCUT2D eigenvalue weighted by atomic mass is 16.3. The summed E-state index contributed by atoms with van der Waals surface area (Å²) in [4.78, 5) is 22.1. The number of aliphatic hydroxyl groups is 1. The van der Waals surface area contributed by atoms with Gasteiger partial charge in [-0.25, -0.2) is 0 Å². The monoisotopic (exact) mass is 284 g/mol. The molecule has 0 bridgehead atoms. The zero-order valence-corrected chi connectivity index (χ0v) is 12.5. The second kappa shape index (κ2) is 7.50. The molecule has 0 radical (unpaired) electrons. The summed E-state index contributed by atoms with van der Waals surface area (Å²) in [6.45, 7) is 4.54. The minimum Gasteiger partial charge on any atom is -0.382 e. The van der Waals surface area contributed by atoms with Crippen LogP contribution in [0.2, 0.25) is 0 Å². The lowest BCUT2D eigenvalue weighted by Crippen LogP contribution is -2.30. The number of rotatable bonds is 3. The maximum atomic E-state index is 11.4. The highest BCUT2D eigenvalue weighted by Crippen LogP contribution is 2.11. The molecule has 110 valence electrons. The van der Waals surface area contributed by atoms with Gasteiger partial charge in [0.05, 0.1) is 0 Å². The minimum absolute atomic E-state index is 0.121. The smallest absolute Gasteiger partial charge is 0.193 e. The molecule has 1 N–H and O–H groups in total. The molecule has 0 aliphatic carbocycles. The van der Waals surface area contributed by atoms with Crippen LogP contribution in [0.5, 0.6) is 0 Å². The van der Waals surface area contributed by atoms with E-state index in [4.69, 9.17) is 0 Å².